The van der Waals surface area contributed by atoms with Gasteiger partial charge in [-0.1, -0.05) is 57.2 Å². The molecule has 13 heteroatoms. The fourth-order valence-corrected chi connectivity index (χ4v) is 10.5. The first-order valence-corrected chi connectivity index (χ1v) is 21.8. The van der Waals surface area contributed by atoms with E-state index in [0.717, 1.165) is 53.6 Å². The number of halogens is 1. The van der Waals surface area contributed by atoms with Gasteiger partial charge in [0, 0.05) is 101 Å². The SMILES string of the molecule is Cn1cc(-c2cc(C(C)(C)O)ccc2Oc2ccc(C#CC3CC4(C3)CN(c3ncc(C(=O)NC5C(C)(C)C(Oc6ccc(C#N)c(Cl)c6)C5(C)C)cn3)C4)cc2)c2cc[nH]c2c1=O. The lowest BCUT2D eigenvalue weighted by atomic mass is 9.49. The third-order valence-corrected chi connectivity index (χ3v) is 13.7. The molecule has 9 rings (SSSR count). The molecule has 64 heavy (non-hydrogen) atoms. The highest BCUT2D eigenvalue weighted by molar-refractivity contribution is 6.31. The normalized spacial score (nSPS) is 19.3. The first-order valence-electron chi connectivity index (χ1n) is 21.4. The monoisotopic (exact) mass is 875 g/mol. The number of rotatable bonds is 9. The summed E-state index contributed by atoms with van der Waals surface area (Å²) in [6, 6.07) is 22.2. The van der Waals surface area contributed by atoms with Crippen LogP contribution in [0.3, 0.4) is 0 Å². The molecule has 3 fully saturated rings. The number of nitrogens with one attached hydrogen (secondary N) is 2. The summed E-state index contributed by atoms with van der Waals surface area (Å²) in [5.41, 5.74) is 2.73. The fourth-order valence-electron chi connectivity index (χ4n) is 10.3. The van der Waals surface area contributed by atoms with Gasteiger partial charge in [0.25, 0.3) is 11.5 Å². The van der Waals surface area contributed by atoms with Crippen LogP contribution in [0.5, 0.6) is 17.2 Å². The molecular weight excluding hydrogens is 826 g/mol. The van der Waals surface area contributed by atoms with Crippen molar-refractivity contribution in [3.05, 3.63) is 129 Å². The van der Waals surface area contributed by atoms with E-state index in [9.17, 15) is 20.0 Å². The van der Waals surface area contributed by atoms with Crippen LogP contribution in [-0.2, 0) is 12.6 Å². The summed E-state index contributed by atoms with van der Waals surface area (Å²) in [6.07, 6.45) is 8.56. The fraction of sp³-hybridized carbons (Fsp3) is 0.353. The molecule has 0 atom stereocenters. The lowest BCUT2D eigenvalue weighted by molar-refractivity contribution is -0.164. The van der Waals surface area contributed by atoms with Crippen LogP contribution in [-0.4, -0.2) is 55.8 Å². The van der Waals surface area contributed by atoms with Crippen LogP contribution in [0.2, 0.25) is 5.02 Å². The molecule has 2 aliphatic carbocycles. The molecule has 1 aliphatic heterocycles. The standard InChI is InChI=1S/C51H50ClN7O5/c1-48(2)45(49(3,4)46(48)64-36-16-12-32(24-53)40(52)21-36)57-43(60)33-25-55-47(56-26-33)59-28-51(29-59)22-31(23-51)9-8-30-10-14-35(15-11-30)63-41-17-13-34(50(5,6)62)20-38(41)39-27-58(7)44(61)42-37(39)18-19-54-42/h10-21,25-27,31,45-46,54,62H,22-23,28-29H2,1-7H3,(H,57,60). The van der Waals surface area contributed by atoms with E-state index in [-0.39, 0.29) is 39.9 Å². The van der Waals surface area contributed by atoms with E-state index < -0.39 is 5.60 Å². The highest BCUT2D eigenvalue weighted by Gasteiger charge is 2.64. The summed E-state index contributed by atoms with van der Waals surface area (Å²) in [7, 11) is 1.72. The Hall–Kier alpha value is -6.60. The molecule has 0 bridgehead atoms. The number of anilines is 1. The van der Waals surface area contributed by atoms with Gasteiger partial charge in [-0.3, -0.25) is 9.59 Å². The molecule has 6 aromatic rings. The van der Waals surface area contributed by atoms with Crippen LogP contribution >= 0.6 is 11.6 Å². The molecule has 3 aliphatic rings. The average Bonchev–Trinajstić information content (AvgIpc) is 3.73. The van der Waals surface area contributed by atoms with Crippen LogP contribution < -0.4 is 25.2 Å². The number of aliphatic hydroxyl groups is 1. The van der Waals surface area contributed by atoms with Crippen molar-refractivity contribution >= 4 is 34.4 Å². The van der Waals surface area contributed by atoms with Crippen molar-refractivity contribution in [2.24, 2.45) is 29.2 Å². The Kier molecular flexibility index (Phi) is 10.4. The number of hydrogen-bond acceptors (Lipinski definition) is 9. The summed E-state index contributed by atoms with van der Waals surface area (Å²) in [5, 5.41) is 24.4. The highest BCUT2D eigenvalue weighted by atomic mass is 35.5. The Morgan fingerprint density at radius 1 is 0.969 bits per heavy atom. The Bertz CT molecular complexity index is 2950. The predicted octanol–water partition coefficient (Wildman–Crippen LogP) is 8.75. The van der Waals surface area contributed by atoms with E-state index in [1.165, 1.54) is 0 Å². The summed E-state index contributed by atoms with van der Waals surface area (Å²) >= 11 is 6.25. The minimum absolute atomic E-state index is 0.122. The quantitative estimate of drug-likeness (QED) is 0.121. The van der Waals surface area contributed by atoms with Gasteiger partial charge in [-0.25, -0.2) is 9.97 Å². The number of pyridine rings is 1. The minimum atomic E-state index is -1.08. The Balaban J connectivity index is 0.779. The smallest absolute Gasteiger partial charge is 0.274 e. The first-order chi connectivity index (χ1) is 30.3. The van der Waals surface area contributed by atoms with E-state index in [4.69, 9.17) is 21.1 Å². The molecule has 0 unspecified atom stereocenters. The first kappa shape index (κ1) is 42.7. The van der Waals surface area contributed by atoms with Gasteiger partial charge in [0.15, 0.2) is 0 Å². The van der Waals surface area contributed by atoms with Crippen molar-refractivity contribution in [3.8, 4) is 46.3 Å². The number of hydrogen-bond donors (Lipinski definition) is 3. The second-order valence-electron chi connectivity index (χ2n) is 19.4. The molecule has 1 saturated heterocycles. The molecule has 4 heterocycles. The molecular formula is C51H50ClN7O5. The molecule has 1 spiro atoms. The van der Waals surface area contributed by atoms with Crippen molar-refractivity contribution in [1.82, 2.24) is 24.8 Å². The second kappa shape index (κ2) is 15.6. The van der Waals surface area contributed by atoms with Gasteiger partial charge < -0.3 is 34.3 Å². The van der Waals surface area contributed by atoms with Crippen LogP contribution in [0.1, 0.15) is 81.4 Å². The molecule has 3 N–H and O–H groups in total. The molecule has 0 radical (unpaired) electrons. The van der Waals surface area contributed by atoms with Gasteiger partial charge >= 0.3 is 0 Å². The zero-order chi connectivity index (χ0) is 45.3. The number of nitriles is 1. The van der Waals surface area contributed by atoms with Gasteiger partial charge in [-0.15, -0.1) is 0 Å². The van der Waals surface area contributed by atoms with Gasteiger partial charge in [0.2, 0.25) is 5.95 Å². The number of aromatic nitrogens is 4. The summed E-state index contributed by atoms with van der Waals surface area (Å²) < 4.78 is 14.4. The number of nitrogens with zero attached hydrogens (tertiary/aromatic N) is 5. The lowest BCUT2D eigenvalue weighted by Crippen LogP contribution is -2.74. The molecule has 3 aromatic carbocycles. The third-order valence-electron chi connectivity index (χ3n) is 13.4. The number of amides is 1. The van der Waals surface area contributed by atoms with Crippen LogP contribution in [0.25, 0.3) is 22.0 Å². The zero-order valence-electron chi connectivity index (χ0n) is 36.9. The maximum Gasteiger partial charge on any atom is 0.274 e. The minimum Gasteiger partial charge on any atom is -0.489 e. The summed E-state index contributed by atoms with van der Waals surface area (Å²) in [6.45, 7) is 13.5. The van der Waals surface area contributed by atoms with Gasteiger partial charge in [0.1, 0.15) is 34.9 Å². The van der Waals surface area contributed by atoms with Crippen LogP contribution in [0.4, 0.5) is 5.95 Å². The zero-order valence-corrected chi connectivity index (χ0v) is 37.7. The maximum absolute atomic E-state index is 13.4. The second-order valence-corrected chi connectivity index (χ2v) is 19.8. The summed E-state index contributed by atoms with van der Waals surface area (Å²) in [5.74, 6) is 9.34. The summed E-state index contributed by atoms with van der Waals surface area (Å²) in [4.78, 5) is 40.6. The van der Waals surface area contributed by atoms with E-state index in [2.05, 4.69) is 70.8 Å². The van der Waals surface area contributed by atoms with Gasteiger partial charge in [-0.05, 0) is 86.8 Å². The molecule has 326 valence electrons. The largest absolute Gasteiger partial charge is 0.489 e. The van der Waals surface area contributed by atoms with Gasteiger partial charge in [-0.2, -0.15) is 5.26 Å². The predicted molar refractivity (Wildman–Crippen MR) is 246 cm³/mol. The molecule has 3 aromatic heterocycles. The van der Waals surface area contributed by atoms with Crippen molar-refractivity contribution in [3.63, 3.8) is 0 Å². The number of H-pyrrole nitrogens is 1. The topological polar surface area (TPSA) is 158 Å². The van der Waals surface area contributed by atoms with E-state index in [1.807, 2.05) is 48.5 Å². The number of fused-ring (bicyclic) bond motifs is 1. The van der Waals surface area contributed by atoms with E-state index >= 15 is 0 Å². The number of aryl methyl sites for hydroxylation is 1. The molecule has 1 amide bonds. The number of carbonyl (C=O) groups excluding carboxylic acids is 1. The third kappa shape index (κ3) is 7.65. The average molecular weight is 876 g/mol. The van der Waals surface area contributed by atoms with Gasteiger partial charge in [0.05, 0.1) is 21.8 Å². The number of benzene rings is 3. The number of carbonyl (C=O) groups is 1. The van der Waals surface area contributed by atoms with Crippen LogP contribution in [0.15, 0.2) is 96.3 Å². The highest BCUT2D eigenvalue weighted by Crippen LogP contribution is 2.56. The lowest BCUT2D eigenvalue weighted by Gasteiger charge is -2.63. The number of ether oxygens (including phenoxy) is 2. The molecule has 12 nitrogen and oxygen atoms in total. The van der Waals surface area contributed by atoms with Crippen molar-refractivity contribution < 1.29 is 19.4 Å². The van der Waals surface area contributed by atoms with Crippen LogP contribution in [0, 0.1) is 45.3 Å². The maximum atomic E-state index is 13.4. The number of aromatic amines is 1. The van der Waals surface area contributed by atoms with E-state index in [1.54, 1.807) is 68.4 Å². The Labute approximate surface area is 377 Å². The Morgan fingerprint density at radius 2 is 1.66 bits per heavy atom. The van der Waals surface area contributed by atoms with Crippen molar-refractivity contribution in [2.75, 3.05) is 18.0 Å². The Morgan fingerprint density at radius 3 is 2.31 bits per heavy atom. The van der Waals surface area contributed by atoms with Crippen molar-refractivity contribution in [1.29, 1.82) is 5.26 Å². The van der Waals surface area contributed by atoms with Crippen molar-refractivity contribution in [2.45, 2.75) is 72.1 Å². The molecule has 2 saturated carbocycles. The van der Waals surface area contributed by atoms with E-state index in [0.29, 0.717) is 50.8 Å².